The fourth-order valence-corrected chi connectivity index (χ4v) is 3.25. The average Bonchev–Trinajstić information content (AvgIpc) is 2.48. The predicted molar refractivity (Wildman–Crippen MR) is 93.8 cm³/mol. The molecule has 0 radical (unpaired) electrons. The van der Waals surface area contributed by atoms with Gasteiger partial charge in [0.05, 0.1) is 18.5 Å². The Kier molecular flexibility index (Phi) is 18.0. The zero-order valence-corrected chi connectivity index (χ0v) is 16.3. The molecule has 0 aliphatic heterocycles. The molecule has 0 unspecified atom stereocenters. The second-order valence-electron chi connectivity index (χ2n) is 5.17. The number of rotatable bonds is 11. The van der Waals surface area contributed by atoms with Gasteiger partial charge in [0, 0.05) is 18.5 Å². The van der Waals surface area contributed by atoms with Crippen LogP contribution in [0.3, 0.4) is 0 Å². The van der Waals surface area contributed by atoms with Crippen LogP contribution in [-0.2, 0) is 13.6 Å². The van der Waals surface area contributed by atoms with Crippen LogP contribution in [0.1, 0.15) is 60.3 Å². The van der Waals surface area contributed by atoms with E-state index in [0.717, 1.165) is 25.7 Å². The second kappa shape index (κ2) is 15.8. The Morgan fingerprint density at radius 3 is 1.35 bits per heavy atom. The van der Waals surface area contributed by atoms with E-state index in [9.17, 15) is 4.57 Å². The molecule has 3 nitrogen and oxygen atoms in total. The molecule has 0 fully saturated rings. The summed E-state index contributed by atoms with van der Waals surface area (Å²) < 4.78 is 20.7. The standard InChI is InChI=1S/C8H18O3P.C7H18P/c1-3-5-7-10-12(9)11-8-6-4-2;1-5-8(4,6-2)7-3/h3-8H2,1-2H3;5-7H2,1-4H3/q2*+1. The molecule has 0 aliphatic rings. The van der Waals surface area contributed by atoms with Crippen molar-refractivity contribution >= 4 is 15.5 Å². The summed E-state index contributed by atoms with van der Waals surface area (Å²) in [6.07, 6.45) is 8.28. The quantitative estimate of drug-likeness (QED) is 0.346. The molecule has 0 aromatic carbocycles. The number of hydrogen-bond donors (Lipinski definition) is 0. The van der Waals surface area contributed by atoms with Crippen LogP contribution < -0.4 is 0 Å². The second-order valence-corrected chi connectivity index (χ2v) is 11.3. The Morgan fingerprint density at radius 2 is 1.15 bits per heavy atom. The highest BCUT2D eigenvalue weighted by Crippen LogP contribution is 2.53. The molecule has 0 saturated carbocycles. The fraction of sp³-hybridized carbons (Fsp3) is 1.00. The average molecular weight is 326 g/mol. The van der Waals surface area contributed by atoms with Gasteiger partial charge in [-0.15, -0.1) is 9.05 Å². The minimum Gasteiger partial charge on any atom is -0.119 e. The molecule has 0 aliphatic carbocycles. The SMILES string of the molecule is CCCCO[P+](=O)OCCCC.CC[P+](C)(CC)CC. The van der Waals surface area contributed by atoms with Crippen molar-refractivity contribution in [2.75, 3.05) is 38.4 Å². The molecular formula is C15H36O3P2+2. The maximum Gasteiger partial charge on any atom is 0.697 e. The zero-order valence-electron chi connectivity index (χ0n) is 14.5. The molecule has 0 bridgehead atoms. The summed E-state index contributed by atoms with van der Waals surface area (Å²) in [7, 11) is -2.27. The van der Waals surface area contributed by atoms with Crippen molar-refractivity contribution in [1.82, 2.24) is 0 Å². The van der Waals surface area contributed by atoms with Crippen molar-refractivity contribution in [1.29, 1.82) is 0 Å². The van der Waals surface area contributed by atoms with E-state index in [0.29, 0.717) is 13.2 Å². The third-order valence-electron chi connectivity index (χ3n) is 3.68. The molecule has 0 amide bonds. The van der Waals surface area contributed by atoms with Gasteiger partial charge in [-0.25, -0.2) is 0 Å². The molecular weight excluding hydrogens is 290 g/mol. The number of unbranched alkanes of at least 4 members (excludes halogenated alkanes) is 2. The van der Waals surface area contributed by atoms with Crippen LogP contribution in [0, 0.1) is 0 Å². The van der Waals surface area contributed by atoms with Crippen molar-refractivity contribution in [3.8, 4) is 0 Å². The van der Waals surface area contributed by atoms with E-state index in [1.54, 1.807) is 0 Å². The van der Waals surface area contributed by atoms with Gasteiger partial charge in [0.1, 0.15) is 13.2 Å². The molecule has 5 heteroatoms. The van der Waals surface area contributed by atoms with Crippen molar-refractivity contribution in [2.24, 2.45) is 0 Å². The largest absolute Gasteiger partial charge is 0.697 e. The Morgan fingerprint density at radius 1 is 0.800 bits per heavy atom. The maximum absolute atomic E-state index is 10.9. The lowest BCUT2D eigenvalue weighted by Crippen LogP contribution is -1.98. The fourth-order valence-electron chi connectivity index (χ4n) is 1.27. The molecule has 122 valence electrons. The lowest BCUT2D eigenvalue weighted by molar-refractivity contribution is 0.221. The van der Waals surface area contributed by atoms with Gasteiger partial charge < -0.3 is 0 Å². The van der Waals surface area contributed by atoms with Crippen molar-refractivity contribution in [2.45, 2.75) is 60.3 Å². The van der Waals surface area contributed by atoms with E-state index in [-0.39, 0.29) is 0 Å². The Labute approximate surface area is 128 Å². The predicted octanol–water partition coefficient (Wildman–Crippen LogP) is 5.97. The van der Waals surface area contributed by atoms with Gasteiger partial charge in [-0.3, -0.25) is 0 Å². The first-order valence-corrected chi connectivity index (χ1v) is 11.9. The molecule has 0 saturated heterocycles. The van der Waals surface area contributed by atoms with Gasteiger partial charge in [-0.05, 0) is 33.6 Å². The van der Waals surface area contributed by atoms with Crippen LogP contribution in [0.25, 0.3) is 0 Å². The first kappa shape index (κ1) is 22.7. The minimum atomic E-state index is -1.85. The summed E-state index contributed by atoms with van der Waals surface area (Å²) in [6.45, 7) is 14.6. The van der Waals surface area contributed by atoms with Crippen molar-refractivity contribution in [3.05, 3.63) is 0 Å². The van der Waals surface area contributed by atoms with E-state index in [1.807, 2.05) is 0 Å². The van der Waals surface area contributed by atoms with Crippen LogP contribution >= 0.6 is 15.5 Å². The van der Waals surface area contributed by atoms with E-state index in [4.69, 9.17) is 9.05 Å². The monoisotopic (exact) mass is 326 g/mol. The van der Waals surface area contributed by atoms with Crippen LogP contribution in [0.15, 0.2) is 0 Å². The molecule has 0 aromatic heterocycles. The van der Waals surface area contributed by atoms with Crippen molar-refractivity contribution < 1.29 is 13.6 Å². The first-order valence-electron chi connectivity index (χ1n) is 8.06. The van der Waals surface area contributed by atoms with E-state index >= 15 is 0 Å². The number of hydrogen-bond acceptors (Lipinski definition) is 3. The first-order chi connectivity index (χ1) is 9.49. The summed E-state index contributed by atoms with van der Waals surface area (Å²) in [5.41, 5.74) is 0. The molecule has 20 heavy (non-hydrogen) atoms. The third-order valence-corrected chi connectivity index (χ3v) is 9.05. The highest BCUT2D eigenvalue weighted by molar-refractivity contribution is 7.75. The van der Waals surface area contributed by atoms with Gasteiger partial charge in [0.2, 0.25) is 0 Å². The topological polar surface area (TPSA) is 35.5 Å². The smallest absolute Gasteiger partial charge is 0.119 e. The molecule has 0 spiro atoms. The summed E-state index contributed by atoms with van der Waals surface area (Å²) in [5, 5.41) is 0. The van der Waals surface area contributed by atoms with Gasteiger partial charge in [0.25, 0.3) is 0 Å². The van der Waals surface area contributed by atoms with Crippen LogP contribution in [0.5, 0.6) is 0 Å². The maximum atomic E-state index is 10.9. The lowest BCUT2D eigenvalue weighted by Gasteiger charge is -2.16. The normalized spacial score (nSPS) is 10.9. The van der Waals surface area contributed by atoms with E-state index < -0.39 is 15.5 Å². The Bertz CT molecular complexity index is 199. The highest BCUT2D eigenvalue weighted by Gasteiger charge is 2.22. The Balaban J connectivity index is 0. The summed E-state index contributed by atoms with van der Waals surface area (Å²) >= 11 is 0. The van der Waals surface area contributed by atoms with E-state index in [2.05, 4.69) is 41.3 Å². The Hall–Kier alpha value is 0.450. The summed E-state index contributed by atoms with van der Waals surface area (Å²) in [5.74, 6) is 0. The zero-order chi connectivity index (χ0) is 15.9. The van der Waals surface area contributed by atoms with E-state index in [1.165, 1.54) is 18.5 Å². The molecule has 0 atom stereocenters. The highest BCUT2D eigenvalue weighted by atomic mass is 31.2. The van der Waals surface area contributed by atoms with Crippen molar-refractivity contribution in [3.63, 3.8) is 0 Å². The molecule has 0 heterocycles. The summed E-state index contributed by atoms with van der Waals surface area (Å²) in [4.78, 5) is 0. The van der Waals surface area contributed by atoms with Gasteiger partial charge >= 0.3 is 8.25 Å². The van der Waals surface area contributed by atoms with Gasteiger partial charge in [-0.2, -0.15) is 0 Å². The van der Waals surface area contributed by atoms with Gasteiger partial charge in [0.15, 0.2) is 0 Å². The minimum absolute atomic E-state index is 0.412. The van der Waals surface area contributed by atoms with Gasteiger partial charge in [-0.1, -0.05) is 26.7 Å². The van der Waals surface area contributed by atoms with Crippen LogP contribution in [0.2, 0.25) is 0 Å². The van der Waals surface area contributed by atoms with Crippen LogP contribution in [0.4, 0.5) is 0 Å². The molecule has 0 aromatic rings. The molecule has 0 rings (SSSR count). The van der Waals surface area contributed by atoms with Crippen LogP contribution in [-0.4, -0.2) is 38.4 Å². The third kappa shape index (κ3) is 14.9. The summed E-state index contributed by atoms with van der Waals surface area (Å²) in [6, 6.07) is 0. The lowest BCUT2D eigenvalue weighted by atomic mass is 10.4. The molecule has 0 N–H and O–H groups in total.